The molecule has 3 aliphatic rings. The summed E-state index contributed by atoms with van der Waals surface area (Å²) in [4.78, 5) is 29.2. The van der Waals surface area contributed by atoms with Crippen LogP contribution < -0.4 is 9.64 Å². The third kappa shape index (κ3) is 4.42. The number of sulfonamides is 1. The first-order valence-electron chi connectivity index (χ1n) is 11.9. The Morgan fingerprint density at radius 1 is 0.941 bits per heavy atom. The molecule has 1 saturated heterocycles. The van der Waals surface area contributed by atoms with Gasteiger partial charge in [-0.25, -0.2) is 8.42 Å². The number of hydrogen-bond donors (Lipinski definition) is 0. The van der Waals surface area contributed by atoms with Gasteiger partial charge in [0.25, 0.3) is 5.91 Å². The van der Waals surface area contributed by atoms with Gasteiger partial charge in [0.05, 0.1) is 10.6 Å². The van der Waals surface area contributed by atoms with E-state index in [1.165, 1.54) is 26.9 Å². The molecule has 0 unspecified atom stereocenters. The van der Waals surface area contributed by atoms with E-state index in [-0.39, 0.29) is 29.9 Å². The van der Waals surface area contributed by atoms with Gasteiger partial charge in [-0.3, -0.25) is 14.5 Å². The standard InChI is InChI=1S/C25H29N3O5S/c29-24(26-14-11-19-7-3-4-8-20(19)16-26)17-28-22-15-21(9-10-23(22)33-18-25(28)30)34(31,32)27-12-5-1-2-6-13-27/h3-4,7-10,15H,1-2,5-6,11-14,16-18H2. The molecule has 2 aromatic rings. The van der Waals surface area contributed by atoms with Crippen molar-refractivity contribution < 1.29 is 22.7 Å². The average molecular weight is 484 g/mol. The Bertz CT molecular complexity index is 1200. The van der Waals surface area contributed by atoms with E-state index in [2.05, 4.69) is 6.07 Å². The average Bonchev–Trinajstić information content (AvgIpc) is 3.15. The number of hydrogen-bond acceptors (Lipinski definition) is 5. The molecule has 180 valence electrons. The van der Waals surface area contributed by atoms with Crippen LogP contribution in [-0.4, -0.2) is 62.2 Å². The molecule has 1 fully saturated rings. The lowest BCUT2D eigenvalue weighted by Crippen LogP contribution is -2.47. The predicted molar refractivity (Wildman–Crippen MR) is 127 cm³/mol. The highest BCUT2D eigenvalue weighted by atomic mass is 32.2. The van der Waals surface area contributed by atoms with Crippen molar-refractivity contribution in [1.29, 1.82) is 0 Å². The molecule has 8 nitrogen and oxygen atoms in total. The van der Waals surface area contributed by atoms with Gasteiger partial charge in [-0.05, 0) is 48.6 Å². The smallest absolute Gasteiger partial charge is 0.265 e. The summed E-state index contributed by atoms with van der Waals surface area (Å²) in [6.45, 7) is 1.75. The minimum Gasteiger partial charge on any atom is -0.482 e. The summed E-state index contributed by atoms with van der Waals surface area (Å²) in [6, 6.07) is 12.6. The van der Waals surface area contributed by atoms with Crippen LogP contribution in [0.4, 0.5) is 5.69 Å². The van der Waals surface area contributed by atoms with E-state index >= 15 is 0 Å². The van der Waals surface area contributed by atoms with E-state index in [1.54, 1.807) is 11.0 Å². The lowest BCUT2D eigenvalue weighted by Gasteiger charge is -2.33. The van der Waals surface area contributed by atoms with Crippen LogP contribution in [0.3, 0.4) is 0 Å². The number of ether oxygens (including phenoxy) is 1. The van der Waals surface area contributed by atoms with Crippen LogP contribution in [0, 0.1) is 0 Å². The zero-order valence-corrected chi connectivity index (χ0v) is 19.9. The molecule has 0 aromatic heterocycles. The molecule has 5 rings (SSSR count). The van der Waals surface area contributed by atoms with Gasteiger partial charge in [0.15, 0.2) is 6.61 Å². The molecule has 9 heteroatoms. The highest BCUT2D eigenvalue weighted by molar-refractivity contribution is 7.89. The van der Waals surface area contributed by atoms with E-state index in [0.29, 0.717) is 37.6 Å². The minimum atomic E-state index is -3.70. The maximum Gasteiger partial charge on any atom is 0.265 e. The predicted octanol–water partition coefficient (Wildman–Crippen LogP) is 2.56. The van der Waals surface area contributed by atoms with Crippen molar-refractivity contribution in [2.75, 3.05) is 37.7 Å². The van der Waals surface area contributed by atoms with Gasteiger partial charge in [0.2, 0.25) is 15.9 Å². The summed E-state index contributed by atoms with van der Waals surface area (Å²) >= 11 is 0. The number of rotatable bonds is 4. The van der Waals surface area contributed by atoms with Crippen LogP contribution in [-0.2, 0) is 32.6 Å². The Hall–Kier alpha value is -2.91. The van der Waals surface area contributed by atoms with Gasteiger partial charge in [-0.15, -0.1) is 0 Å². The monoisotopic (exact) mass is 483 g/mol. The molecular weight excluding hydrogens is 454 g/mol. The Morgan fingerprint density at radius 3 is 2.44 bits per heavy atom. The molecule has 34 heavy (non-hydrogen) atoms. The summed E-state index contributed by atoms with van der Waals surface area (Å²) in [6.07, 6.45) is 4.50. The van der Waals surface area contributed by atoms with Crippen molar-refractivity contribution in [2.24, 2.45) is 0 Å². The Balaban J connectivity index is 1.39. The second-order valence-corrected chi connectivity index (χ2v) is 11.0. The lowest BCUT2D eigenvalue weighted by atomic mass is 10.00. The number of benzene rings is 2. The summed E-state index contributed by atoms with van der Waals surface area (Å²) in [5.41, 5.74) is 2.68. The van der Waals surface area contributed by atoms with Gasteiger partial charge in [-0.1, -0.05) is 37.1 Å². The number of carbonyl (C=O) groups excluding carboxylic acids is 2. The zero-order chi connectivity index (χ0) is 23.7. The van der Waals surface area contributed by atoms with E-state index in [0.717, 1.165) is 37.7 Å². The molecule has 3 heterocycles. The molecule has 0 N–H and O–H groups in total. The molecule has 2 amide bonds. The number of amides is 2. The van der Waals surface area contributed by atoms with Crippen LogP contribution in [0.15, 0.2) is 47.4 Å². The number of fused-ring (bicyclic) bond motifs is 2. The largest absolute Gasteiger partial charge is 0.482 e. The fourth-order valence-electron chi connectivity index (χ4n) is 4.89. The highest BCUT2D eigenvalue weighted by Crippen LogP contribution is 2.35. The second-order valence-electron chi connectivity index (χ2n) is 9.05. The van der Waals surface area contributed by atoms with Gasteiger partial charge < -0.3 is 9.64 Å². The third-order valence-electron chi connectivity index (χ3n) is 6.85. The molecular formula is C25H29N3O5S. The molecule has 2 aromatic carbocycles. The fourth-order valence-corrected chi connectivity index (χ4v) is 6.43. The molecule has 0 atom stereocenters. The summed E-state index contributed by atoms with van der Waals surface area (Å²) in [7, 11) is -3.70. The maximum atomic E-state index is 13.3. The quantitative estimate of drug-likeness (QED) is 0.667. The first kappa shape index (κ1) is 22.9. The lowest BCUT2D eigenvalue weighted by molar-refractivity contribution is -0.132. The van der Waals surface area contributed by atoms with E-state index in [1.807, 2.05) is 18.2 Å². The number of anilines is 1. The number of carbonyl (C=O) groups is 2. The second kappa shape index (κ2) is 9.38. The van der Waals surface area contributed by atoms with Gasteiger partial charge in [0, 0.05) is 26.2 Å². The van der Waals surface area contributed by atoms with Crippen molar-refractivity contribution in [3.8, 4) is 5.75 Å². The molecule has 0 aliphatic carbocycles. The summed E-state index contributed by atoms with van der Waals surface area (Å²) < 4.78 is 33.7. The SMILES string of the molecule is O=C(CN1C(=O)COc2ccc(S(=O)(=O)N3CCCCCC3)cc21)N1CCc2ccccc2C1. The van der Waals surface area contributed by atoms with Crippen molar-refractivity contribution in [3.63, 3.8) is 0 Å². The molecule has 0 bridgehead atoms. The van der Waals surface area contributed by atoms with E-state index < -0.39 is 10.0 Å². The topological polar surface area (TPSA) is 87.2 Å². The van der Waals surface area contributed by atoms with Crippen molar-refractivity contribution in [1.82, 2.24) is 9.21 Å². The third-order valence-corrected chi connectivity index (χ3v) is 8.75. The Morgan fingerprint density at radius 2 is 1.68 bits per heavy atom. The van der Waals surface area contributed by atoms with Crippen LogP contribution in [0.5, 0.6) is 5.75 Å². The summed E-state index contributed by atoms with van der Waals surface area (Å²) in [5, 5.41) is 0. The first-order valence-corrected chi connectivity index (χ1v) is 13.3. The van der Waals surface area contributed by atoms with Crippen molar-refractivity contribution >= 4 is 27.5 Å². The zero-order valence-electron chi connectivity index (χ0n) is 19.1. The van der Waals surface area contributed by atoms with Crippen molar-refractivity contribution in [2.45, 2.75) is 43.5 Å². The fraction of sp³-hybridized carbons (Fsp3) is 0.440. The van der Waals surface area contributed by atoms with Crippen LogP contribution in [0.2, 0.25) is 0 Å². The minimum absolute atomic E-state index is 0.121. The van der Waals surface area contributed by atoms with Gasteiger partial charge in [0.1, 0.15) is 12.3 Å². The highest BCUT2D eigenvalue weighted by Gasteiger charge is 2.33. The maximum absolute atomic E-state index is 13.3. The Labute approximate surface area is 200 Å². The van der Waals surface area contributed by atoms with Gasteiger partial charge in [-0.2, -0.15) is 4.31 Å². The van der Waals surface area contributed by atoms with E-state index in [9.17, 15) is 18.0 Å². The van der Waals surface area contributed by atoms with Crippen LogP contribution in [0.1, 0.15) is 36.8 Å². The number of nitrogens with zero attached hydrogens (tertiary/aromatic N) is 3. The van der Waals surface area contributed by atoms with Crippen LogP contribution in [0.25, 0.3) is 0 Å². The molecule has 0 radical (unpaired) electrons. The van der Waals surface area contributed by atoms with Crippen molar-refractivity contribution in [3.05, 3.63) is 53.6 Å². The molecule has 3 aliphatic heterocycles. The molecule has 0 saturated carbocycles. The normalized spacial score (nSPS) is 19.1. The first-order chi connectivity index (χ1) is 16.4. The Kier molecular flexibility index (Phi) is 6.31. The molecule has 0 spiro atoms. The van der Waals surface area contributed by atoms with Crippen LogP contribution >= 0.6 is 0 Å². The van der Waals surface area contributed by atoms with Gasteiger partial charge >= 0.3 is 0 Å². The summed E-state index contributed by atoms with van der Waals surface area (Å²) in [5.74, 6) is -0.120. The van der Waals surface area contributed by atoms with E-state index in [4.69, 9.17) is 4.74 Å².